The molecule has 9 nitrogen and oxygen atoms in total. The van der Waals surface area contributed by atoms with Crippen LogP contribution in [0.25, 0.3) is 0 Å². The summed E-state index contributed by atoms with van der Waals surface area (Å²) in [4.78, 5) is 12.4. The first-order valence-electron chi connectivity index (χ1n) is 8.79. The van der Waals surface area contributed by atoms with Crippen LogP contribution in [0.5, 0.6) is 11.5 Å². The molecule has 27 heavy (non-hydrogen) atoms. The smallest absolute Gasteiger partial charge is 0.342 e. The van der Waals surface area contributed by atoms with Gasteiger partial charge in [-0.15, -0.1) is 0 Å². The molecule has 0 aromatic heterocycles. The lowest BCUT2D eigenvalue weighted by Crippen LogP contribution is -2.60. The molecule has 0 amide bonds. The topological polar surface area (TPSA) is 146 Å². The second-order valence-electron chi connectivity index (χ2n) is 6.50. The van der Waals surface area contributed by atoms with Crippen LogP contribution in [0.4, 0.5) is 0 Å². The van der Waals surface area contributed by atoms with Gasteiger partial charge in [0.15, 0.2) is 0 Å². The summed E-state index contributed by atoms with van der Waals surface area (Å²) in [6.45, 7) is 3.08. The maximum Gasteiger partial charge on any atom is 0.342 e. The largest absolute Gasteiger partial charge is 0.508 e. The monoisotopic (exact) mass is 386 g/mol. The van der Waals surface area contributed by atoms with Crippen LogP contribution >= 0.6 is 0 Å². The van der Waals surface area contributed by atoms with Crippen LogP contribution in [0.1, 0.15) is 37.0 Å². The van der Waals surface area contributed by atoms with E-state index >= 15 is 0 Å². The molecule has 9 heteroatoms. The minimum Gasteiger partial charge on any atom is -0.508 e. The summed E-state index contributed by atoms with van der Waals surface area (Å²) in [5, 5.41) is 48.7. The molecule has 1 unspecified atom stereocenters. The molecule has 1 aromatic carbocycles. The molecule has 152 valence electrons. The fourth-order valence-corrected chi connectivity index (χ4v) is 2.78. The molecule has 0 bridgehead atoms. The molecular formula is C18H26O9. The number of phenolic OH excluding ortho intramolecular Hbond substituents is 1. The molecule has 1 heterocycles. The number of esters is 1. The minimum atomic E-state index is -1.63. The van der Waals surface area contributed by atoms with Crippen molar-refractivity contribution in [2.75, 3.05) is 6.61 Å². The van der Waals surface area contributed by atoms with Crippen molar-refractivity contribution in [2.45, 2.75) is 63.5 Å². The van der Waals surface area contributed by atoms with E-state index in [1.165, 1.54) is 12.1 Å². The Kier molecular flexibility index (Phi) is 7.40. The van der Waals surface area contributed by atoms with E-state index in [0.717, 1.165) is 12.5 Å². The highest BCUT2D eigenvalue weighted by Crippen LogP contribution is 2.29. The Balaban J connectivity index is 2.22. The predicted octanol–water partition coefficient (Wildman–Crippen LogP) is -0.0837. The normalized spacial score (nSPS) is 29.2. The third-order valence-electron chi connectivity index (χ3n) is 4.28. The number of benzene rings is 1. The van der Waals surface area contributed by atoms with Gasteiger partial charge in [-0.3, -0.25) is 0 Å². The van der Waals surface area contributed by atoms with E-state index in [1.807, 2.05) is 6.92 Å². The van der Waals surface area contributed by atoms with Gasteiger partial charge in [0.2, 0.25) is 6.29 Å². The Morgan fingerprint density at radius 1 is 1.22 bits per heavy atom. The summed E-state index contributed by atoms with van der Waals surface area (Å²) in [5.41, 5.74) is -0.0880. The van der Waals surface area contributed by atoms with Crippen molar-refractivity contribution in [1.82, 2.24) is 0 Å². The highest BCUT2D eigenvalue weighted by molar-refractivity contribution is 5.93. The zero-order valence-electron chi connectivity index (χ0n) is 15.2. The van der Waals surface area contributed by atoms with E-state index in [4.69, 9.17) is 14.2 Å². The second-order valence-corrected chi connectivity index (χ2v) is 6.50. The van der Waals surface area contributed by atoms with Gasteiger partial charge in [0.25, 0.3) is 0 Å². The van der Waals surface area contributed by atoms with Gasteiger partial charge in [-0.25, -0.2) is 4.79 Å². The number of aliphatic hydroxyl groups excluding tert-OH is 4. The number of rotatable bonds is 7. The average molecular weight is 386 g/mol. The van der Waals surface area contributed by atoms with Crippen LogP contribution in [-0.4, -0.2) is 74.9 Å². The number of hydrogen-bond donors (Lipinski definition) is 5. The second kappa shape index (κ2) is 9.34. The number of ether oxygens (including phenoxy) is 3. The molecule has 1 aliphatic rings. The highest BCUT2D eigenvalue weighted by Gasteiger charge is 2.45. The summed E-state index contributed by atoms with van der Waals surface area (Å²) >= 11 is 0. The van der Waals surface area contributed by atoms with Gasteiger partial charge in [-0.05, 0) is 31.5 Å². The molecule has 1 aromatic rings. The minimum absolute atomic E-state index is 0.0502. The summed E-state index contributed by atoms with van der Waals surface area (Å²) in [5.74, 6) is -0.969. The van der Waals surface area contributed by atoms with Crippen LogP contribution in [0, 0.1) is 0 Å². The van der Waals surface area contributed by atoms with Crippen molar-refractivity contribution in [3.8, 4) is 11.5 Å². The first kappa shape index (κ1) is 21.4. The molecule has 0 aliphatic carbocycles. The van der Waals surface area contributed by atoms with E-state index in [-0.39, 0.29) is 23.2 Å². The summed E-state index contributed by atoms with van der Waals surface area (Å²) < 4.78 is 16.1. The number of hydrogen-bond acceptors (Lipinski definition) is 9. The van der Waals surface area contributed by atoms with E-state index in [9.17, 15) is 30.3 Å². The van der Waals surface area contributed by atoms with E-state index in [0.29, 0.717) is 6.42 Å². The SMILES string of the molecule is CCCC(C)OC(=O)c1cc(O)ccc1O[C@@H]1O[C@H](CO)[C@@H](O)[C@H](O)[C@H]1O. The van der Waals surface area contributed by atoms with Crippen molar-refractivity contribution in [3.05, 3.63) is 23.8 Å². The molecular weight excluding hydrogens is 360 g/mol. The Morgan fingerprint density at radius 2 is 1.93 bits per heavy atom. The van der Waals surface area contributed by atoms with Crippen molar-refractivity contribution in [1.29, 1.82) is 0 Å². The molecule has 5 N–H and O–H groups in total. The molecule has 0 radical (unpaired) electrons. The Hall–Kier alpha value is -1.91. The highest BCUT2D eigenvalue weighted by atomic mass is 16.7. The van der Waals surface area contributed by atoms with E-state index in [2.05, 4.69) is 0 Å². The first-order valence-corrected chi connectivity index (χ1v) is 8.79. The fraction of sp³-hybridized carbons (Fsp3) is 0.611. The van der Waals surface area contributed by atoms with Gasteiger partial charge in [-0.1, -0.05) is 13.3 Å². The number of carbonyl (C=O) groups excluding carboxylic acids is 1. The number of phenols is 1. The zero-order valence-corrected chi connectivity index (χ0v) is 15.2. The number of aliphatic hydroxyl groups is 4. The van der Waals surface area contributed by atoms with Crippen LogP contribution < -0.4 is 4.74 Å². The van der Waals surface area contributed by atoms with Gasteiger partial charge in [0.1, 0.15) is 41.5 Å². The molecule has 1 fully saturated rings. The van der Waals surface area contributed by atoms with Gasteiger partial charge < -0.3 is 39.7 Å². The summed E-state index contributed by atoms with van der Waals surface area (Å²) in [7, 11) is 0. The predicted molar refractivity (Wildman–Crippen MR) is 92.3 cm³/mol. The van der Waals surface area contributed by atoms with Gasteiger partial charge in [0.05, 0.1) is 12.7 Å². The lowest BCUT2D eigenvalue weighted by Gasteiger charge is -2.39. The zero-order chi connectivity index (χ0) is 20.1. The molecule has 0 spiro atoms. The maximum atomic E-state index is 12.4. The van der Waals surface area contributed by atoms with Crippen LogP contribution in [-0.2, 0) is 9.47 Å². The number of aromatic hydroxyl groups is 1. The Labute approximate surface area is 156 Å². The van der Waals surface area contributed by atoms with Gasteiger partial charge in [-0.2, -0.15) is 0 Å². The lowest BCUT2D eigenvalue weighted by molar-refractivity contribution is -0.277. The summed E-state index contributed by atoms with van der Waals surface area (Å²) in [6, 6.07) is 3.71. The number of carbonyl (C=O) groups is 1. The average Bonchev–Trinajstić information content (AvgIpc) is 2.63. The van der Waals surface area contributed by atoms with E-state index in [1.54, 1.807) is 6.92 Å². The standard InChI is InChI=1S/C18H26O9/c1-3-4-9(2)25-17(24)11-7-10(20)5-6-12(11)26-18-16(23)15(22)14(21)13(8-19)27-18/h5-7,9,13-16,18-23H,3-4,8H2,1-2H3/t9?,13-,14-,15+,16-,18-/m1/s1. The lowest BCUT2D eigenvalue weighted by atomic mass is 9.99. The van der Waals surface area contributed by atoms with Crippen LogP contribution in [0.2, 0.25) is 0 Å². The molecule has 2 rings (SSSR count). The molecule has 6 atom stereocenters. The van der Waals surface area contributed by atoms with Crippen LogP contribution in [0.3, 0.4) is 0 Å². The Morgan fingerprint density at radius 3 is 2.56 bits per heavy atom. The first-order chi connectivity index (χ1) is 12.8. The van der Waals surface area contributed by atoms with Gasteiger partial charge in [0, 0.05) is 0 Å². The third-order valence-corrected chi connectivity index (χ3v) is 4.28. The van der Waals surface area contributed by atoms with Crippen molar-refractivity contribution in [2.24, 2.45) is 0 Å². The quantitative estimate of drug-likeness (QED) is 0.406. The molecule has 0 saturated carbocycles. The van der Waals surface area contributed by atoms with Crippen molar-refractivity contribution >= 4 is 5.97 Å². The maximum absolute atomic E-state index is 12.4. The van der Waals surface area contributed by atoms with Crippen molar-refractivity contribution in [3.63, 3.8) is 0 Å². The van der Waals surface area contributed by atoms with E-state index < -0.39 is 43.3 Å². The fourth-order valence-electron chi connectivity index (χ4n) is 2.78. The third kappa shape index (κ3) is 5.08. The van der Waals surface area contributed by atoms with Gasteiger partial charge >= 0.3 is 5.97 Å². The summed E-state index contributed by atoms with van der Waals surface area (Å²) in [6.07, 6.45) is -6.22. The van der Waals surface area contributed by atoms with Crippen molar-refractivity contribution < 1.29 is 44.5 Å². The Bertz CT molecular complexity index is 633. The molecule has 1 saturated heterocycles. The molecule has 1 aliphatic heterocycles. The van der Waals surface area contributed by atoms with Crippen LogP contribution in [0.15, 0.2) is 18.2 Å².